The number of fused-ring (bicyclic) bond motifs is 1. The average molecular weight is 180 g/mol. The first-order valence-electron chi connectivity index (χ1n) is 3.93. The van der Waals surface area contributed by atoms with Gasteiger partial charge in [0, 0.05) is 13.1 Å². The van der Waals surface area contributed by atoms with Crippen LogP contribution in [0.15, 0.2) is 18.3 Å². The zero-order chi connectivity index (χ0) is 9.42. The van der Waals surface area contributed by atoms with Gasteiger partial charge in [-0.1, -0.05) is 0 Å². The Morgan fingerprint density at radius 1 is 1.62 bits per heavy atom. The van der Waals surface area contributed by atoms with Crippen molar-refractivity contribution in [2.45, 2.75) is 6.23 Å². The Morgan fingerprint density at radius 3 is 3.15 bits per heavy atom. The fraction of sp³-hybridized carbons (Fsp3) is 0.222. The Labute approximate surface area is 75.1 Å². The predicted molar refractivity (Wildman–Crippen MR) is 47.6 cm³/mol. The molecule has 13 heavy (non-hydrogen) atoms. The van der Waals surface area contributed by atoms with Gasteiger partial charge in [-0.2, -0.15) is 0 Å². The van der Waals surface area contributed by atoms with Crippen LogP contribution in [0.3, 0.4) is 0 Å². The summed E-state index contributed by atoms with van der Waals surface area (Å²) >= 11 is 0. The first-order chi connectivity index (χ1) is 6.18. The van der Waals surface area contributed by atoms with E-state index in [0.29, 0.717) is 11.4 Å². The Balaban J connectivity index is 2.54. The molecule has 3 nitrogen and oxygen atoms in total. The highest BCUT2D eigenvalue weighted by molar-refractivity contribution is 5.68. The second kappa shape index (κ2) is 2.81. The van der Waals surface area contributed by atoms with Gasteiger partial charge in [0.05, 0.1) is 17.6 Å². The van der Waals surface area contributed by atoms with Gasteiger partial charge in [-0.05, 0) is 12.2 Å². The summed E-state index contributed by atoms with van der Waals surface area (Å²) in [6, 6.07) is 1.36. The number of aliphatic hydroxyl groups is 1. The van der Waals surface area contributed by atoms with E-state index in [2.05, 4.69) is 4.98 Å². The van der Waals surface area contributed by atoms with Crippen LogP contribution in [0, 0.1) is 5.82 Å². The van der Waals surface area contributed by atoms with Crippen molar-refractivity contribution in [2.24, 2.45) is 0 Å². The normalized spacial score (nSPS) is 20.2. The molecule has 1 aliphatic rings. The summed E-state index contributed by atoms with van der Waals surface area (Å²) in [6.45, 7) is 0. The summed E-state index contributed by atoms with van der Waals surface area (Å²) in [4.78, 5) is 5.45. The topological polar surface area (TPSA) is 36.4 Å². The minimum Gasteiger partial charge on any atom is -0.370 e. The summed E-state index contributed by atoms with van der Waals surface area (Å²) in [5.41, 5.74) is 1.28. The van der Waals surface area contributed by atoms with E-state index in [-0.39, 0.29) is 0 Å². The number of halogens is 1. The van der Waals surface area contributed by atoms with E-state index in [1.165, 1.54) is 6.07 Å². The maximum absolute atomic E-state index is 12.8. The van der Waals surface area contributed by atoms with Gasteiger partial charge in [0.2, 0.25) is 0 Å². The highest BCUT2D eigenvalue weighted by atomic mass is 19.1. The number of hydrogen-bond acceptors (Lipinski definition) is 3. The van der Waals surface area contributed by atoms with Crippen molar-refractivity contribution in [1.29, 1.82) is 0 Å². The van der Waals surface area contributed by atoms with E-state index < -0.39 is 12.0 Å². The van der Waals surface area contributed by atoms with Gasteiger partial charge in [0.15, 0.2) is 0 Å². The van der Waals surface area contributed by atoms with E-state index in [9.17, 15) is 9.50 Å². The minimum atomic E-state index is -0.698. The lowest BCUT2D eigenvalue weighted by molar-refractivity contribution is 0.223. The largest absolute Gasteiger partial charge is 0.370 e. The molecule has 0 aromatic carbocycles. The van der Waals surface area contributed by atoms with Crippen LogP contribution in [-0.4, -0.2) is 23.4 Å². The van der Waals surface area contributed by atoms with E-state index in [4.69, 9.17) is 0 Å². The van der Waals surface area contributed by atoms with E-state index in [1.807, 2.05) is 0 Å². The molecule has 2 rings (SSSR count). The second-order valence-electron chi connectivity index (χ2n) is 2.94. The molecule has 2 heterocycles. The van der Waals surface area contributed by atoms with Crippen LogP contribution in [-0.2, 0) is 0 Å². The molecule has 1 aromatic heterocycles. The van der Waals surface area contributed by atoms with E-state index in [0.717, 1.165) is 6.20 Å². The molecule has 0 bridgehead atoms. The van der Waals surface area contributed by atoms with Crippen molar-refractivity contribution in [3.8, 4) is 0 Å². The minimum absolute atomic E-state index is 0.395. The number of hydrogen-bond donors (Lipinski definition) is 1. The molecule has 0 saturated heterocycles. The monoisotopic (exact) mass is 180 g/mol. The Morgan fingerprint density at radius 2 is 2.38 bits per heavy atom. The third-order valence-electron chi connectivity index (χ3n) is 2.07. The zero-order valence-electron chi connectivity index (χ0n) is 7.11. The highest BCUT2D eigenvalue weighted by Crippen LogP contribution is 2.25. The van der Waals surface area contributed by atoms with Crippen LogP contribution < -0.4 is 4.90 Å². The molecule has 0 amide bonds. The third-order valence-corrected chi connectivity index (χ3v) is 2.07. The molecular formula is C9H9FN2O. The van der Waals surface area contributed by atoms with Gasteiger partial charge in [-0.15, -0.1) is 0 Å². The fourth-order valence-corrected chi connectivity index (χ4v) is 1.30. The molecular weight excluding hydrogens is 171 g/mol. The van der Waals surface area contributed by atoms with Crippen LogP contribution in [0.4, 0.5) is 10.1 Å². The first kappa shape index (κ1) is 8.19. The smallest absolute Gasteiger partial charge is 0.146 e. The summed E-state index contributed by atoms with van der Waals surface area (Å²) in [5.74, 6) is -0.395. The number of rotatable bonds is 0. The lowest BCUT2D eigenvalue weighted by Crippen LogP contribution is -2.32. The van der Waals surface area contributed by atoms with Crippen molar-refractivity contribution in [2.75, 3.05) is 11.9 Å². The number of aromatic nitrogens is 1. The SMILES string of the molecule is CN1c2cc(F)cnc2C=CC1O. The number of likely N-dealkylation sites (N-methyl/N-ethyl adjacent to an activating group) is 1. The lowest BCUT2D eigenvalue weighted by atomic mass is 10.2. The van der Waals surface area contributed by atoms with Gasteiger partial charge in [0.25, 0.3) is 0 Å². The van der Waals surface area contributed by atoms with Crippen molar-refractivity contribution >= 4 is 11.8 Å². The second-order valence-corrected chi connectivity index (χ2v) is 2.94. The highest BCUT2D eigenvalue weighted by Gasteiger charge is 2.17. The maximum atomic E-state index is 12.8. The van der Waals surface area contributed by atoms with Gasteiger partial charge in [-0.3, -0.25) is 4.98 Å². The van der Waals surface area contributed by atoms with Gasteiger partial charge in [-0.25, -0.2) is 4.39 Å². The molecule has 0 spiro atoms. The maximum Gasteiger partial charge on any atom is 0.146 e. The van der Waals surface area contributed by atoms with Crippen LogP contribution >= 0.6 is 0 Å². The Bertz CT molecular complexity index is 365. The molecule has 1 unspecified atom stereocenters. The number of pyridine rings is 1. The first-order valence-corrected chi connectivity index (χ1v) is 3.93. The lowest BCUT2D eigenvalue weighted by Gasteiger charge is -2.27. The number of nitrogens with zero attached hydrogens (tertiary/aromatic N) is 2. The van der Waals surface area contributed by atoms with Crippen LogP contribution in [0.2, 0.25) is 0 Å². The van der Waals surface area contributed by atoms with Crippen molar-refractivity contribution in [3.63, 3.8) is 0 Å². The molecule has 1 aromatic rings. The third kappa shape index (κ3) is 1.29. The quantitative estimate of drug-likeness (QED) is 0.647. The molecule has 0 radical (unpaired) electrons. The Kier molecular flexibility index (Phi) is 1.77. The number of aliphatic hydroxyl groups excluding tert-OH is 1. The van der Waals surface area contributed by atoms with Gasteiger partial charge >= 0.3 is 0 Å². The molecule has 0 saturated carbocycles. The summed E-state index contributed by atoms with van der Waals surface area (Å²) in [7, 11) is 1.69. The van der Waals surface area contributed by atoms with E-state index >= 15 is 0 Å². The predicted octanol–water partition coefficient (Wildman–Crippen LogP) is 1.00. The van der Waals surface area contributed by atoms with E-state index in [1.54, 1.807) is 24.1 Å². The van der Waals surface area contributed by atoms with Crippen molar-refractivity contribution in [3.05, 3.63) is 29.9 Å². The fourth-order valence-electron chi connectivity index (χ4n) is 1.30. The standard InChI is InChI=1S/C9H9FN2O/c1-12-8-4-6(10)5-11-7(8)2-3-9(12)13/h2-5,9,13H,1H3. The van der Waals surface area contributed by atoms with Crippen LogP contribution in [0.25, 0.3) is 6.08 Å². The van der Waals surface area contributed by atoms with Gasteiger partial charge in [0.1, 0.15) is 12.0 Å². The molecule has 4 heteroatoms. The summed E-state index contributed by atoms with van der Waals surface area (Å²) < 4.78 is 12.8. The molecule has 1 aliphatic heterocycles. The summed E-state index contributed by atoms with van der Waals surface area (Å²) in [5, 5.41) is 9.40. The molecule has 1 N–H and O–H groups in total. The van der Waals surface area contributed by atoms with Crippen molar-refractivity contribution < 1.29 is 9.50 Å². The molecule has 68 valence electrons. The molecule has 1 atom stereocenters. The number of anilines is 1. The van der Waals surface area contributed by atoms with Gasteiger partial charge < -0.3 is 10.0 Å². The van der Waals surface area contributed by atoms with Crippen molar-refractivity contribution in [1.82, 2.24) is 4.98 Å². The summed E-state index contributed by atoms with van der Waals surface area (Å²) in [6.07, 6.45) is 3.75. The van der Waals surface area contributed by atoms with Crippen LogP contribution in [0.5, 0.6) is 0 Å². The Hall–Kier alpha value is -1.42. The zero-order valence-corrected chi connectivity index (χ0v) is 7.11. The average Bonchev–Trinajstić information content (AvgIpc) is 2.12. The molecule has 0 aliphatic carbocycles. The van der Waals surface area contributed by atoms with Crippen LogP contribution in [0.1, 0.15) is 5.69 Å². The molecule has 0 fully saturated rings.